The molecule has 18 heavy (non-hydrogen) atoms. The van der Waals surface area contributed by atoms with Crippen LogP contribution >= 0.6 is 0 Å². The molecule has 0 aliphatic carbocycles. The van der Waals surface area contributed by atoms with E-state index in [1.165, 1.54) is 45.6 Å². The van der Waals surface area contributed by atoms with Crippen molar-refractivity contribution in [2.45, 2.75) is 19.3 Å². The maximum absolute atomic E-state index is 5.60. The molecule has 0 aromatic rings. The fourth-order valence-corrected chi connectivity index (χ4v) is 2.33. The molecule has 1 heterocycles. The highest BCUT2D eigenvalue weighted by molar-refractivity contribution is 4.67. The molecule has 5 heteroatoms. The fourth-order valence-electron chi connectivity index (χ4n) is 2.33. The Morgan fingerprint density at radius 3 is 2.39 bits per heavy atom. The molecule has 3 N–H and O–H groups in total. The van der Waals surface area contributed by atoms with Crippen LogP contribution < -0.4 is 11.1 Å². The molecule has 0 aromatic heterocycles. The molecule has 0 spiro atoms. The summed E-state index contributed by atoms with van der Waals surface area (Å²) in [4.78, 5) is 2.56. The molecule has 1 fully saturated rings. The van der Waals surface area contributed by atoms with Gasteiger partial charge in [0.15, 0.2) is 0 Å². The number of hydrazine groups is 1. The maximum Gasteiger partial charge on any atom is 0.0275 e. The summed E-state index contributed by atoms with van der Waals surface area (Å²) in [6.45, 7) is 9.10. The van der Waals surface area contributed by atoms with Crippen molar-refractivity contribution >= 4 is 0 Å². The number of nitrogens with one attached hydrogen (secondary N) is 1. The highest BCUT2D eigenvalue weighted by Crippen LogP contribution is 2.07. The van der Waals surface area contributed by atoms with Gasteiger partial charge in [0.1, 0.15) is 0 Å². The van der Waals surface area contributed by atoms with E-state index in [2.05, 4.69) is 27.3 Å². The molecule has 0 unspecified atom stereocenters. The molecule has 1 saturated heterocycles. The molecule has 1 aliphatic heterocycles. The molecule has 0 amide bonds. The van der Waals surface area contributed by atoms with Gasteiger partial charge in [-0.3, -0.25) is 0 Å². The van der Waals surface area contributed by atoms with E-state index < -0.39 is 0 Å². The SMILES string of the molecule is CNCCCN(CCCN)CCCN1CCN1C. The highest BCUT2D eigenvalue weighted by Gasteiger charge is 2.19. The van der Waals surface area contributed by atoms with E-state index in [0.717, 1.165) is 26.1 Å². The first-order valence-electron chi connectivity index (χ1n) is 7.31. The van der Waals surface area contributed by atoms with E-state index in [1.54, 1.807) is 0 Å². The molecule has 5 nitrogen and oxygen atoms in total. The van der Waals surface area contributed by atoms with Crippen molar-refractivity contribution < 1.29 is 0 Å². The van der Waals surface area contributed by atoms with Crippen LogP contribution in [0.4, 0.5) is 0 Å². The Balaban J connectivity index is 2.09. The largest absolute Gasteiger partial charge is 0.330 e. The molecule has 0 radical (unpaired) electrons. The van der Waals surface area contributed by atoms with Crippen molar-refractivity contribution in [1.82, 2.24) is 20.2 Å². The van der Waals surface area contributed by atoms with Crippen LogP contribution in [0, 0.1) is 0 Å². The summed E-state index contributed by atoms with van der Waals surface area (Å²) in [5, 5.41) is 7.95. The minimum absolute atomic E-state index is 0.803. The molecule has 1 aliphatic rings. The Morgan fingerprint density at radius 1 is 1.11 bits per heavy atom. The van der Waals surface area contributed by atoms with Crippen LogP contribution in [-0.2, 0) is 0 Å². The van der Waals surface area contributed by atoms with Gasteiger partial charge in [0.25, 0.3) is 0 Å². The third-order valence-corrected chi connectivity index (χ3v) is 3.63. The van der Waals surface area contributed by atoms with Gasteiger partial charge in [-0.05, 0) is 59.0 Å². The molecule has 0 atom stereocenters. The number of hydrogen-bond donors (Lipinski definition) is 2. The quantitative estimate of drug-likeness (QED) is 0.502. The maximum atomic E-state index is 5.60. The van der Waals surface area contributed by atoms with Gasteiger partial charge in [0.05, 0.1) is 0 Å². The van der Waals surface area contributed by atoms with Crippen LogP contribution in [0.25, 0.3) is 0 Å². The van der Waals surface area contributed by atoms with Gasteiger partial charge in [-0.1, -0.05) is 0 Å². The Bertz CT molecular complexity index is 200. The second kappa shape index (κ2) is 9.69. The van der Waals surface area contributed by atoms with Crippen molar-refractivity contribution in [3.05, 3.63) is 0 Å². The van der Waals surface area contributed by atoms with Gasteiger partial charge in [0, 0.05) is 26.7 Å². The Morgan fingerprint density at radius 2 is 1.83 bits per heavy atom. The monoisotopic (exact) mass is 257 g/mol. The molecule has 108 valence electrons. The van der Waals surface area contributed by atoms with E-state index in [1.807, 2.05) is 7.05 Å². The lowest BCUT2D eigenvalue weighted by atomic mass is 10.3. The van der Waals surface area contributed by atoms with Crippen molar-refractivity contribution in [2.75, 3.05) is 66.5 Å². The zero-order valence-corrected chi connectivity index (χ0v) is 12.2. The van der Waals surface area contributed by atoms with E-state index in [-0.39, 0.29) is 0 Å². The van der Waals surface area contributed by atoms with Gasteiger partial charge >= 0.3 is 0 Å². The Labute approximate surface area is 112 Å². The first kappa shape index (κ1) is 15.9. The normalized spacial score (nSPS) is 17.3. The van der Waals surface area contributed by atoms with Gasteiger partial charge in [0.2, 0.25) is 0 Å². The molecule has 0 saturated carbocycles. The summed E-state index contributed by atoms with van der Waals surface area (Å²) < 4.78 is 0. The zero-order valence-electron chi connectivity index (χ0n) is 12.2. The topological polar surface area (TPSA) is 47.8 Å². The predicted molar refractivity (Wildman–Crippen MR) is 77.5 cm³/mol. The standard InChI is InChI=1S/C13H31N5/c1-15-7-4-9-17(8-3-6-14)10-5-11-18-13-12-16(18)2/h15H,3-14H2,1-2H3. The van der Waals surface area contributed by atoms with Crippen LogP contribution in [0.2, 0.25) is 0 Å². The lowest BCUT2D eigenvalue weighted by Gasteiger charge is -2.41. The van der Waals surface area contributed by atoms with Crippen molar-refractivity contribution in [1.29, 1.82) is 0 Å². The number of rotatable bonds is 11. The average molecular weight is 257 g/mol. The van der Waals surface area contributed by atoms with E-state index in [9.17, 15) is 0 Å². The summed E-state index contributed by atoms with van der Waals surface area (Å²) in [5.74, 6) is 0. The van der Waals surface area contributed by atoms with Crippen molar-refractivity contribution in [2.24, 2.45) is 5.73 Å². The molecule has 0 bridgehead atoms. The average Bonchev–Trinajstić information content (AvgIpc) is 2.38. The van der Waals surface area contributed by atoms with Gasteiger partial charge < -0.3 is 16.0 Å². The minimum Gasteiger partial charge on any atom is -0.330 e. The summed E-state index contributed by atoms with van der Waals surface area (Å²) in [5.41, 5.74) is 5.60. The highest BCUT2D eigenvalue weighted by atomic mass is 15.7. The Hall–Kier alpha value is -0.200. The number of hydrogen-bond acceptors (Lipinski definition) is 5. The third kappa shape index (κ3) is 6.11. The summed E-state index contributed by atoms with van der Waals surface area (Å²) >= 11 is 0. The fraction of sp³-hybridized carbons (Fsp3) is 1.00. The second-order valence-corrected chi connectivity index (χ2v) is 5.13. The lowest BCUT2D eigenvalue weighted by Crippen LogP contribution is -2.55. The predicted octanol–water partition coefficient (Wildman–Crippen LogP) is -0.201. The number of nitrogens with zero attached hydrogens (tertiary/aromatic N) is 3. The van der Waals surface area contributed by atoms with E-state index in [0.29, 0.717) is 0 Å². The van der Waals surface area contributed by atoms with Crippen LogP contribution in [0.5, 0.6) is 0 Å². The number of likely N-dealkylation sites (N-methyl/N-ethyl adjacent to an activating group) is 1. The molecular weight excluding hydrogens is 226 g/mol. The minimum atomic E-state index is 0.803. The van der Waals surface area contributed by atoms with E-state index >= 15 is 0 Å². The molecular formula is C13H31N5. The van der Waals surface area contributed by atoms with Crippen LogP contribution in [0.15, 0.2) is 0 Å². The first-order valence-corrected chi connectivity index (χ1v) is 7.31. The first-order chi connectivity index (χ1) is 8.77. The van der Waals surface area contributed by atoms with Crippen LogP contribution in [0.3, 0.4) is 0 Å². The number of nitrogens with two attached hydrogens (primary N) is 1. The van der Waals surface area contributed by atoms with Crippen LogP contribution in [-0.4, -0.2) is 81.4 Å². The zero-order chi connectivity index (χ0) is 13.2. The van der Waals surface area contributed by atoms with Crippen molar-refractivity contribution in [3.8, 4) is 0 Å². The second-order valence-electron chi connectivity index (χ2n) is 5.13. The third-order valence-electron chi connectivity index (χ3n) is 3.63. The van der Waals surface area contributed by atoms with Gasteiger partial charge in [-0.15, -0.1) is 0 Å². The van der Waals surface area contributed by atoms with Crippen molar-refractivity contribution in [3.63, 3.8) is 0 Å². The lowest BCUT2D eigenvalue weighted by molar-refractivity contribution is -0.0900. The molecule has 0 aromatic carbocycles. The summed E-state index contributed by atoms with van der Waals surface area (Å²) in [6, 6.07) is 0. The van der Waals surface area contributed by atoms with Gasteiger partial charge in [-0.2, -0.15) is 0 Å². The summed E-state index contributed by atoms with van der Waals surface area (Å²) in [6.07, 6.45) is 3.60. The smallest absolute Gasteiger partial charge is 0.0275 e. The molecule has 1 rings (SSSR count). The van der Waals surface area contributed by atoms with Crippen LogP contribution in [0.1, 0.15) is 19.3 Å². The summed E-state index contributed by atoms with van der Waals surface area (Å²) in [7, 11) is 4.19. The Kier molecular flexibility index (Phi) is 8.54. The van der Waals surface area contributed by atoms with E-state index in [4.69, 9.17) is 5.73 Å². The van der Waals surface area contributed by atoms with Gasteiger partial charge in [-0.25, -0.2) is 10.0 Å².